The van der Waals surface area contributed by atoms with Crippen molar-refractivity contribution >= 4 is 12.8 Å². The van der Waals surface area contributed by atoms with Crippen molar-refractivity contribution in [2.45, 2.75) is 6.42 Å². The minimum absolute atomic E-state index is 0.212. The standard InChI is InChI=1S/C14H31O6P/c1-16-8-9-19-11-10-18-7-6-14(15)20-21(3,4,5)13-12-17-2/h6-13H2,1-5H3. The summed E-state index contributed by atoms with van der Waals surface area (Å²) in [6, 6.07) is 0. The van der Waals surface area contributed by atoms with Crippen molar-refractivity contribution < 1.29 is 28.3 Å². The van der Waals surface area contributed by atoms with Gasteiger partial charge in [0, 0.05) is 0 Å². The van der Waals surface area contributed by atoms with Crippen molar-refractivity contribution in [1.82, 2.24) is 0 Å². The molecule has 21 heavy (non-hydrogen) atoms. The van der Waals surface area contributed by atoms with Gasteiger partial charge in [-0.1, -0.05) is 0 Å². The number of ether oxygens (including phenoxy) is 4. The van der Waals surface area contributed by atoms with Crippen LogP contribution in [0.5, 0.6) is 0 Å². The zero-order valence-corrected chi connectivity index (χ0v) is 14.9. The average molecular weight is 326 g/mol. The zero-order valence-electron chi connectivity index (χ0n) is 14.1. The van der Waals surface area contributed by atoms with Crippen molar-refractivity contribution in [2.24, 2.45) is 0 Å². The van der Waals surface area contributed by atoms with Crippen LogP contribution >= 0.6 is 6.83 Å². The van der Waals surface area contributed by atoms with E-state index in [-0.39, 0.29) is 12.4 Å². The Labute approximate surface area is 128 Å². The first-order chi connectivity index (χ1) is 9.78. The van der Waals surface area contributed by atoms with Gasteiger partial charge in [0.15, 0.2) is 0 Å². The molecule has 0 unspecified atom stereocenters. The third-order valence-corrected chi connectivity index (χ3v) is 5.34. The molecule has 0 radical (unpaired) electrons. The first-order valence-electron chi connectivity index (χ1n) is 7.15. The van der Waals surface area contributed by atoms with E-state index >= 15 is 0 Å². The van der Waals surface area contributed by atoms with E-state index in [0.717, 1.165) is 6.16 Å². The molecular formula is C14H31O6P. The molecule has 0 bridgehead atoms. The first-order valence-corrected chi connectivity index (χ1v) is 10.8. The summed E-state index contributed by atoms with van der Waals surface area (Å²) in [6.07, 6.45) is 1.03. The molecule has 6 nitrogen and oxygen atoms in total. The number of rotatable bonds is 13. The Morgan fingerprint density at radius 2 is 1.33 bits per heavy atom. The fourth-order valence-electron chi connectivity index (χ4n) is 1.49. The molecule has 0 N–H and O–H groups in total. The van der Waals surface area contributed by atoms with Gasteiger partial charge in [-0.2, -0.15) is 0 Å². The molecule has 0 fully saturated rings. The number of carbonyl (C=O) groups is 1. The Bertz CT molecular complexity index is 287. The molecule has 0 aromatic carbocycles. The molecule has 0 spiro atoms. The van der Waals surface area contributed by atoms with Crippen LogP contribution in [0, 0.1) is 0 Å². The molecule has 0 rings (SSSR count). The van der Waals surface area contributed by atoms with Crippen LogP contribution < -0.4 is 0 Å². The van der Waals surface area contributed by atoms with Crippen LogP contribution in [0.25, 0.3) is 0 Å². The van der Waals surface area contributed by atoms with Crippen LogP contribution in [0.3, 0.4) is 0 Å². The van der Waals surface area contributed by atoms with Gasteiger partial charge >= 0.3 is 128 Å². The van der Waals surface area contributed by atoms with Gasteiger partial charge in [0.1, 0.15) is 0 Å². The molecule has 0 saturated carbocycles. The molecule has 0 aliphatic carbocycles. The fraction of sp³-hybridized carbons (Fsp3) is 0.929. The van der Waals surface area contributed by atoms with Gasteiger partial charge in [-0.25, -0.2) is 0 Å². The maximum atomic E-state index is 11.8. The number of hydrogen-bond acceptors (Lipinski definition) is 6. The van der Waals surface area contributed by atoms with Crippen LogP contribution in [0.2, 0.25) is 0 Å². The van der Waals surface area contributed by atoms with Crippen LogP contribution in [0.1, 0.15) is 6.42 Å². The average Bonchev–Trinajstić information content (AvgIpc) is 2.38. The molecule has 0 atom stereocenters. The molecule has 0 amide bonds. The van der Waals surface area contributed by atoms with Crippen molar-refractivity contribution in [3.63, 3.8) is 0 Å². The monoisotopic (exact) mass is 326 g/mol. The number of methoxy groups -OCH3 is 2. The maximum absolute atomic E-state index is 11.8. The third kappa shape index (κ3) is 13.1. The Morgan fingerprint density at radius 3 is 1.90 bits per heavy atom. The predicted octanol–water partition coefficient (Wildman–Crippen LogP) is 1.60. The van der Waals surface area contributed by atoms with E-state index in [2.05, 4.69) is 0 Å². The van der Waals surface area contributed by atoms with E-state index in [1.54, 1.807) is 14.2 Å². The fourth-order valence-corrected chi connectivity index (χ4v) is 3.23. The summed E-state index contributed by atoms with van der Waals surface area (Å²) in [5.74, 6) is -0.212. The third-order valence-electron chi connectivity index (χ3n) is 2.75. The van der Waals surface area contributed by atoms with Gasteiger partial charge in [-0.3, -0.25) is 0 Å². The summed E-state index contributed by atoms with van der Waals surface area (Å²) in [5, 5.41) is 0. The molecular weight excluding hydrogens is 295 g/mol. The van der Waals surface area contributed by atoms with Gasteiger partial charge in [-0.15, -0.1) is 0 Å². The minimum atomic E-state index is -2.42. The van der Waals surface area contributed by atoms with Crippen molar-refractivity contribution in [3.8, 4) is 0 Å². The molecule has 128 valence electrons. The Morgan fingerprint density at radius 1 is 0.810 bits per heavy atom. The SMILES string of the molecule is COCCOCCOCCC(=O)OP(C)(C)(C)CCOC. The topological polar surface area (TPSA) is 63.2 Å². The molecule has 0 aliphatic heterocycles. The second-order valence-electron chi connectivity index (χ2n) is 6.11. The van der Waals surface area contributed by atoms with E-state index in [1.807, 2.05) is 20.0 Å². The van der Waals surface area contributed by atoms with E-state index in [9.17, 15) is 4.79 Å². The first kappa shape index (κ1) is 20.7. The zero-order chi connectivity index (χ0) is 16.2. The summed E-state index contributed by atoms with van der Waals surface area (Å²) >= 11 is 0. The van der Waals surface area contributed by atoms with Crippen molar-refractivity contribution in [1.29, 1.82) is 0 Å². The second-order valence-corrected chi connectivity index (χ2v) is 12.7. The Balaban J connectivity index is 3.70. The van der Waals surface area contributed by atoms with Gasteiger partial charge in [0.2, 0.25) is 0 Å². The molecule has 0 heterocycles. The van der Waals surface area contributed by atoms with Gasteiger partial charge < -0.3 is 0 Å². The molecule has 0 aromatic heterocycles. The number of hydrogen-bond donors (Lipinski definition) is 0. The van der Waals surface area contributed by atoms with Crippen LogP contribution in [0.4, 0.5) is 0 Å². The molecule has 0 aromatic rings. The summed E-state index contributed by atoms with van der Waals surface area (Å²) < 4.78 is 26.2. The summed E-state index contributed by atoms with van der Waals surface area (Å²) in [6.45, 7) is 6.69. The van der Waals surface area contributed by atoms with Gasteiger partial charge in [0.05, 0.1) is 0 Å². The van der Waals surface area contributed by atoms with Crippen molar-refractivity contribution in [3.05, 3.63) is 0 Å². The van der Waals surface area contributed by atoms with E-state index in [0.29, 0.717) is 39.6 Å². The summed E-state index contributed by atoms with van der Waals surface area (Å²) in [4.78, 5) is 11.8. The molecule has 0 saturated heterocycles. The molecule has 7 heteroatoms. The normalized spacial score (nSPS) is 13.7. The van der Waals surface area contributed by atoms with Crippen molar-refractivity contribution in [2.75, 3.05) is 80.0 Å². The van der Waals surface area contributed by atoms with Gasteiger partial charge in [0.25, 0.3) is 0 Å². The Hall–Kier alpha value is -0.260. The van der Waals surface area contributed by atoms with Crippen LogP contribution in [-0.4, -0.2) is 86.0 Å². The van der Waals surface area contributed by atoms with E-state index < -0.39 is 6.83 Å². The Kier molecular flexibility index (Phi) is 10.3. The predicted molar refractivity (Wildman–Crippen MR) is 85.7 cm³/mol. The van der Waals surface area contributed by atoms with E-state index in [4.69, 9.17) is 23.5 Å². The van der Waals surface area contributed by atoms with Gasteiger partial charge in [-0.05, 0) is 0 Å². The van der Waals surface area contributed by atoms with Crippen LogP contribution in [0.15, 0.2) is 0 Å². The molecule has 0 aliphatic rings. The summed E-state index contributed by atoms with van der Waals surface area (Å²) in [5.41, 5.74) is 0. The summed E-state index contributed by atoms with van der Waals surface area (Å²) in [7, 11) is 3.28. The quantitative estimate of drug-likeness (QED) is 0.378. The van der Waals surface area contributed by atoms with Crippen LogP contribution in [-0.2, 0) is 28.3 Å². The second kappa shape index (κ2) is 10.5. The van der Waals surface area contributed by atoms with E-state index in [1.165, 1.54) is 0 Å². The number of carbonyl (C=O) groups excluding carboxylic acids is 1.